The van der Waals surface area contributed by atoms with E-state index in [0.29, 0.717) is 5.75 Å². The van der Waals surface area contributed by atoms with Crippen molar-refractivity contribution < 1.29 is 53.1 Å². The number of phosphoric acid groups is 2. The van der Waals surface area contributed by atoms with Crippen LogP contribution in [-0.4, -0.2) is 61.3 Å². The van der Waals surface area contributed by atoms with Crippen LogP contribution in [0.2, 0.25) is 0 Å². The summed E-state index contributed by atoms with van der Waals surface area (Å²) in [6.45, 7) is -0.854. The highest BCUT2D eigenvalue weighted by Gasteiger charge is 2.29. The zero-order valence-corrected chi connectivity index (χ0v) is 14.2. The predicted molar refractivity (Wildman–Crippen MR) is 80.8 cm³/mol. The molecule has 0 radical (unpaired) electrons. The topological polar surface area (TPSA) is 194 Å². The van der Waals surface area contributed by atoms with Crippen molar-refractivity contribution in [2.45, 2.75) is 0 Å². The average molecular weight is 390 g/mol. The van der Waals surface area contributed by atoms with Gasteiger partial charge in [0.15, 0.2) is 0 Å². The molecule has 0 spiro atoms. The third kappa shape index (κ3) is 10.8. The summed E-state index contributed by atoms with van der Waals surface area (Å²) in [7, 11) is -10.1. The molecule has 0 atom stereocenters. The van der Waals surface area contributed by atoms with Gasteiger partial charge in [-0.3, -0.25) is 0 Å². The SMILES string of the molecule is O=P(O)(O)OP(=O)(O)O.OCC(CO)(CO)COc1ccccc1. The van der Waals surface area contributed by atoms with Crippen molar-refractivity contribution in [2.24, 2.45) is 5.41 Å². The quantitative estimate of drug-likeness (QED) is 0.275. The van der Waals surface area contributed by atoms with E-state index >= 15 is 0 Å². The highest BCUT2D eigenvalue weighted by Crippen LogP contribution is 2.53. The second kappa shape index (κ2) is 10.2. The second-order valence-electron chi connectivity index (χ2n) is 4.64. The van der Waals surface area contributed by atoms with Gasteiger partial charge in [-0.05, 0) is 12.1 Å². The fraction of sp³-hybridized carbons (Fsp3) is 0.455. The molecule has 1 aromatic rings. The molecule has 0 aromatic heterocycles. The van der Waals surface area contributed by atoms with Crippen molar-refractivity contribution >= 4 is 15.6 Å². The van der Waals surface area contributed by atoms with Gasteiger partial charge in [0.05, 0.1) is 25.2 Å². The zero-order valence-electron chi connectivity index (χ0n) is 12.4. The Bertz CT molecular complexity index is 520. The van der Waals surface area contributed by atoms with Crippen LogP contribution >= 0.6 is 15.6 Å². The molecule has 0 heterocycles. The van der Waals surface area contributed by atoms with Gasteiger partial charge in [0.1, 0.15) is 12.4 Å². The molecule has 13 heteroatoms. The van der Waals surface area contributed by atoms with E-state index in [-0.39, 0.29) is 26.4 Å². The Hall–Kier alpha value is -0.840. The van der Waals surface area contributed by atoms with Crippen LogP contribution in [0.25, 0.3) is 0 Å². The van der Waals surface area contributed by atoms with Gasteiger partial charge in [0.25, 0.3) is 0 Å². The van der Waals surface area contributed by atoms with Crippen molar-refractivity contribution in [3.63, 3.8) is 0 Å². The summed E-state index contributed by atoms with van der Waals surface area (Å²) in [5, 5.41) is 27.2. The first-order chi connectivity index (χ1) is 11.0. The molecule has 0 saturated carbocycles. The molecule has 7 N–H and O–H groups in total. The lowest BCUT2D eigenvalue weighted by Crippen LogP contribution is -2.39. The summed E-state index contributed by atoms with van der Waals surface area (Å²) in [4.78, 5) is 31.0. The first-order valence-corrected chi connectivity index (χ1v) is 9.36. The van der Waals surface area contributed by atoms with Gasteiger partial charge in [-0.15, -0.1) is 0 Å². The van der Waals surface area contributed by atoms with Gasteiger partial charge in [0, 0.05) is 0 Å². The maximum atomic E-state index is 9.63. The fourth-order valence-corrected chi connectivity index (χ4v) is 2.29. The van der Waals surface area contributed by atoms with E-state index in [2.05, 4.69) is 4.31 Å². The molecule has 0 bridgehead atoms. The molecule has 1 aromatic carbocycles. The Morgan fingerprint density at radius 1 is 0.833 bits per heavy atom. The largest absolute Gasteiger partial charge is 0.493 e. The third-order valence-electron chi connectivity index (χ3n) is 2.51. The lowest BCUT2D eigenvalue weighted by molar-refractivity contribution is -0.0258. The third-order valence-corrected chi connectivity index (χ3v) is 4.21. The first kappa shape index (κ1) is 23.2. The van der Waals surface area contributed by atoms with Gasteiger partial charge >= 0.3 is 15.6 Å². The number of hydrogen-bond acceptors (Lipinski definition) is 7. The highest BCUT2D eigenvalue weighted by atomic mass is 31.3. The number of aliphatic hydroxyl groups excluding tert-OH is 3. The molecule has 11 nitrogen and oxygen atoms in total. The second-order valence-corrected chi connectivity index (χ2v) is 7.25. The minimum Gasteiger partial charge on any atom is -0.493 e. The molecule has 24 heavy (non-hydrogen) atoms. The smallest absolute Gasteiger partial charge is 0.478 e. The van der Waals surface area contributed by atoms with Gasteiger partial charge in [-0.1, -0.05) is 18.2 Å². The number of ether oxygens (including phenoxy) is 1. The summed E-state index contributed by atoms with van der Waals surface area (Å²) in [6, 6.07) is 9.07. The average Bonchev–Trinajstić information content (AvgIpc) is 2.47. The van der Waals surface area contributed by atoms with Gasteiger partial charge < -0.3 is 39.6 Å². The number of hydrogen-bond donors (Lipinski definition) is 7. The van der Waals surface area contributed by atoms with Crippen molar-refractivity contribution in [3.8, 4) is 5.75 Å². The molecule has 0 unspecified atom stereocenters. The summed E-state index contributed by atoms with van der Waals surface area (Å²) in [5.74, 6) is 0.650. The minimum absolute atomic E-state index is 0.0838. The zero-order chi connectivity index (χ0) is 18.9. The molecule has 140 valence electrons. The Labute approximate surface area is 137 Å². The monoisotopic (exact) mass is 390 g/mol. The van der Waals surface area contributed by atoms with Crippen LogP contribution in [0.5, 0.6) is 5.75 Å². The van der Waals surface area contributed by atoms with Crippen LogP contribution < -0.4 is 4.74 Å². The molecular weight excluding hydrogens is 370 g/mol. The molecule has 0 fully saturated rings. The van der Waals surface area contributed by atoms with E-state index in [4.69, 9.17) is 39.6 Å². The maximum absolute atomic E-state index is 9.63. The molecule has 0 aliphatic carbocycles. The summed E-state index contributed by atoms with van der Waals surface area (Å²) < 4.78 is 27.6. The number of aliphatic hydroxyl groups is 3. The van der Waals surface area contributed by atoms with Crippen LogP contribution in [0, 0.1) is 5.41 Å². The molecule has 0 amide bonds. The van der Waals surface area contributed by atoms with Crippen molar-refractivity contribution in [1.29, 1.82) is 0 Å². The lowest BCUT2D eigenvalue weighted by atomic mass is 9.93. The molecule has 0 aliphatic heterocycles. The minimum atomic E-state index is -5.05. The lowest BCUT2D eigenvalue weighted by Gasteiger charge is -2.26. The van der Waals surface area contributed by atoms with Crippen molar-refractivity contribution in [1.82, 2.24) is 0 Å². The van der Waals surface area contributed by atoms with Crippen molar-refractivity contribution in [2.75, 3.05) is 26.4 Å². The number of rotatable bonds is 8. The van der Waals surface area contributed by atoms with Crippen LogP contribution in [0.3, 0.4) is 0 Å². The molecular formula is C11H20O11P2. The molecule has 0 saturated heterocycles. The fourth-order valence-electron chi connectivity index (χ4n) is 1.18. The van der Waals surface area contributed by atoms with Gasteiger partial charge in [-0.2, -0.15) is 4.31 Å². The van der Waals surface area contributed by atoms with Gasteiger partial charge in [0.2, 0.25) is 0 Å². The van der Waals surface area contributed by atoms with E-state index in [1.54, 1.807) is 12.1 Å². The predicted octanol–water partition coefficient (Wildman–Crippen LogP) is -0.783. The standard InChI is InChI=1S/C11H16O4.H4O7P2/c12-6-11(7-13,8-14)9-15-10-4-2-1-3-5-10;1-8(2,3)7-9(4,5)6/h1-5,12-14H,6-9H2;(H2,1,2,3)(H2,4,5,6). The number of benzene rings is 1. The van der Waals surface area contributed by atoms with Crippen LogP contribution in [0.1, 0.15) is 0 Å². The summed E-state index contributed by atoms with van der Waals surface area (Å²) in [5.41, 5.74) is -0.976. The maximum Gasteiger partial charge on any atom is 0.478 e. The van der Waals surface area contributed by atoms with Crippen LogP contribution in [0.4, 0.5) is 0 Å². The van der Waals surface area contributed by atoms with Crippen LogP contribution in [0.15, 0.2) is 30.3 Å². The summed E-state index contributed by atoms with van der Waals surface area (Å²) >= 11 is 0. The Morgan fingerprint density at radius 2 is 1.25 bits per heavy atom. The first-order valence-electron chi connectivity index (χ1n) is 6.30. The summed E-state index contributed by atoms with van der Waals surface area (Å²) in [6.07, 6.45) is 0. The highest BCUT2D eigenvalue weighted by molar-refractivity contribution is 7.60. The van der Waals surface area contributed by atoms with E-state index in [1.165, 1.54) is 0 Å². The normalized spacial score (nSPS) is 12.3. The molecule has 1 rings (SSSR count). The molecule has 0 aliphatic rings. The van der Waals surface area contributed by atoms with Crippen LogP contribution in [-0.2, 0) is 13.4 Å². The Morgan fingerprint density at radius 3 is 1.54 bits per heavy atom. The van der Waals surface area contributed by atoms with E-state index in [1.807, 2.05) is 18.2 Å². The van der Waals surface area contributed by atoms with Crippen molar-refractivity contribution in [3.05, 3.63) is 30.3 Å². The van der Waals surface area contributed by atoms with E-state index in [0.717, 1.165) is 0 Å². The van der Waals surface area contributed by atoms with E-state index in [9.17, 15) is 9.13 Å². The number of para-hydroxylation sites is 1. The van der Waals surface area contributed by atoms with Gasteiger partial charge in [-0.25, -0.2) is 9.13 Å². The Balaban J connectivity index is 0.000000506. The van der Waals surface area contributed by atoms with E-state index < -0.39 is 21.1 Å². The Kier molecular flexibility index (Phi) is 9.86.